The maximum Gasteiger partial charge on any atom is 0.278 e. The van der Waals surface area contributed by atoms with Crippen LogP contribution in [0.15, 0.2) is 35.0 Å². The van der Waals surface area contributed by atoms with Gasteiger partial charge in [0.1, 0.15) is 5.70 Å². The van der Waals surface area contributed by atoms with Crippen LogP contribution in [-0.2, 0) is 4.79 Å². The first kappa shape index (κ1) is 12.8. The average molecular weight is 293 g/mol. The van der Waals surface area contributed by atoms with E-state index in [4.69, 9.17) is 11.6 Å². The molecule has 0 bridgehead atoms. The lowest BCUT2D eigenvalue weighted by atomic mass is 10.2. The molecular weight excluding hydrogens is 280 g/mol. The molecular formula is C14H13ClN2OS. The quantitative estimate of drug-likeness (QED) is 0.743. The SMILES string of the molecule is O=C1/C(=C/c2ccccc2Cl)N=C2SCCCCN12. The zero-order chi connectivity index (χ0) is 13.2. The smallest absolute Gasteiger partial charge is 0.278 e. The third-order valence-electron chi connectivity index (χ3n) is 3.12. The van der Waals surface area contributed by atoms with E-state index in [0.717, 1.165) is 35.9 Å². The molecule has 0 saturated carbocycles. The molecule has 1 aromatic rings. The second kappa shape index (κ2) is 5.39. The number of thioether (sulfide) groups is 1. The minimum atomic E-state index is -0.00989. The molecule has 0 N–H and O–H groups in total. The number of hydrogen-bond donors (Lipinski definition) is 0. The summed E-state index contributed by atoms with van der Waals surface area (Å²) in [5.41, 5.74) is 1.32. The van der Waals surface area contributed by atoms with E-state index in [1.165, 1.54) is 0 Å². The van der Waals surface area contributed by atoms with Gasteiger partial charge in [-0.25, -0.2) is 4.99 Å². The van der Waals surface area contributed by atoms with Crippen LogP contribution in [0.4, 0.5) is 0 Å². The lowest BCUT2D eigenvalue weighted by Crippen LogP contribution is -2.30. The number of carbonyl (C=O) groups is 1. The maximum atomic E-state index is 12.3. The number of fused-ring (bicyclic) bond motifs is 1. The van der Waals surface area contributed by atoms with Gasteiger partial charge in [-0.2, -0.15) is 0 Å². The number of rotatable bonds is 1. The molecule has 0 unspecified atom stereocenters. The number of carbonyl (C=O) groups excluding carboxylic acids is 1. The molecule has 0 aliphatic carbocycles. The Kier molecular flexibility index (Phi) is 3.62. The Morgan fingerprint density at radius 2 is 2.16 bits per heavy atom. The fourth-order valence-electron chi connectivity index (χ4n) is 2.11. The van der Waals surface area contributed by atoms with Gasteiger partial charge >= 0.3 is 0 Å². The van der Waals surface area contributed by atoms with Gasteiger partial charge < -0.3 is 0 Å². The third kappa shape index (κ3) is 2.55. The molecule has 1 aromatic carbocycles. The van der Waals surface area contributed by atoms with Gasteiger partial charge in [0, 0.05) is 17.3 Å². The largest absolute Gasteiger partial charge is 0.286 e. The molecule has 1 saturated heterocycles. The number of halogens is 1. The molecule has 5 heteroatoms. The van der Waals surface area contributed by atoms with Gasteiger partial charge in [0.15, 0.2) is 5.17 Å². The monoisotopic (exact) mass is 292 g/mol. The van der Waals surface area contributed by atoms with Crippen molar-refractivity contribution in [3.63, 3.8) is 0 Å². The maximum absolute atomic E-state index is 12.3. The molecule has 2 aliphatic rings. The first-order valence-corrected chi connectivity index (χ1v) is 7.61. The van der Waals surface area contributed by atoms with Crippen molar-refractivity contribution in [1.82, 2.24) is 4.90 Å². The second-order valence-electron chi connectivity index (χ2n) is 4.46. The van der Waals surface area contributed by atoms with Gasteiger partial charge in [-0.1, -0.05) is 41.6 Å². The Balaban J connectivity index is 1.94. The van der Waals surface area contributed by atoms with Crippen molar-refractivity contribution < 1.29 is 4.79 Å². The Labute approximate surface area is 121 Å². The first-order valence-electron chi connectivity index (χ1n) is 6.25. The number of amidine groups is 1. The van der Waals surface area contributed by atoms with E-state index in [0.29, 0.717) is 10.7 Å². The average Bonchev–Trinajstić information content (AvgIpc) is 2.60. The summed E-state index contributed by atoms with van der Waals surface area (Å²) in [4.78, 5) is 18.5. The molecule has 0 atom stereocenters. The fourth-order valence-corrected chi connectivity index (χ4v) is 3.33. The molecule has 2 heterocycles. The van der Waals surface area contributed by atoms with Crippen LogP contribution in [-0.4, -0.2) is 28.3 Å². The van der Waals surface area contributed by atoms with Crippen LogP contribution in [0.1, 0.15) is 18.4 Å². The number of amides is 1. The third-order valence-corrected chi connectivity index (χ3v) is 4.52. The van der Waals surface area contributed by atoms with Crippen molar-refractivity contribution in [2.24, 2.45) is 4.99 Å². The molecule has 0 radical (unpaired) electrons. The molecule has 3 rings (SSSR count). The van der Waals surface area contributed by atoms with Gasteiger partial charge in [0.25, 0.3) is 5.91 Å². The molecule has 1 amide bonds. The summed E-state index contributed by atoms with van der Waals surface area (Å²) in [6.07, 6.45) is 3.95. The Hall–Kier alpha value is -1.26. The highest BCUT2D eigenvalue weighted by molar-refractivity contribution is 8.13. The van der Waals surface area contributed by atoms with E-state index in [9.17, 15) is 4.79 Å². The van der Waals surface area contributed by atoms with Crippen molar-refractivity contribution in [1.29, 1.82) is 0 Å². The van der Waals surface area contributed by atoms with Gasteiger partial charge in [-0.05, 0) is 30.5 Å². The molecule has 3 nitrogen and oxygen atoms in total. The van der Waals surface area contributed by atoms with Crippen molar-refractivity contribution >= 4 is 40.5 Å². The van der Waals surface area contributed by atoms with Crippen molar-refractivity contribution in [3.05, 3.63) is 40.5 Å². The number of benzene rings is 1. The van der Waals surface area contributed by atoms with E-state index >= 15 is 0 Å². The zero-order valence-electron chi connectivity index (χ0n) is 10.3. The van der Waals surface area contributed by atoms with Gasteiger partial charge in [0.2, 0.25) is 0 Å². The van der Waals surface area contributed by atoms with Crippen molar-refractivity contribution in [2.45, 2.75) is 12.8 Å². The summed E-state index contributed by atoms with van der Waals surface area (Å²) < 4.78 is 0. The highest BCUT2D eigenvalue weighted by Crippen LogP contribution is 2.28. The van der Waals surface area contributed by atoms with Crippen LogP contribution >= 0.6 is 23.4 Å². The summed E-state index contributed by atoms with van der Waals surface area (Å²) in [5.74, 6) is 1.02. The number of aliphatic imine (C=N–C) groups is 1. The van der Waals surface area contributed by atoms with Crippen LogP contribution in [0.3, 0.4) is 0 Å². The highest BCUT2D eigenvalue weighted by Gasteiger charge is 2.31. The normalized spacial score (nSPS) is 21.3. The number of nitrogens with zero attached hydrogens (tertiary/aromatic N) is 2. The van der Waals surface area contributed by atoms with E-state index in [1.807, 2.05) is 24.3 Å². The van der Waals surface area contributed by atoms with Gasteiger partial charge in [-0.3, -0.25) is 9.69 Å². The Morgan fingerprint density at radius 3 is 3.00 bits per heavy atom. The zero-order valence-corrected chi connectivity index (χ0v) is 11.9. The van der Waals surface area contributed by atoms with Gasteiger partial charge in [0.05, 0.1) is 0 Å². The van der Waals surface area contributed by atoms with Crippen LogP contribution in [0, 0.1) is 0 Å². The van der Waals surface area contributed by atoms with Crippen LogP contribution in [0.25, 0.3) is 6.08 Å². The fraction of sp³-hybridized carbons (Fsp3) is 0.286. The molecule has 0 spiro atoms. The molecule has 0 aromatic heterocycles. The van der Waals surface area contributed by atoms with E-state index < -0.39 is 0 Å². The first-order chi connectivity index (χ1) is 9.25. The summed E-state index contributed by atoms with van der Waals surface area (Å²) in [7, 11) is 0. The Morgan fingerprint density at radius 1 is 1.32 bits per heavy atom. The topological polar surface area (TPSA) is 32.7 Å². The van der Waals surface area contributed by atoms with Crippen LogP contribution in [0.5, 0.6) is 0 Å². The summed E-state index contributed by atoms with van der Waals surface area (Å²) in [6, 6.07) is 7.47. The minimum absolute atomic E-state index is 0.00989. The summed E-state index contributed by atoms with van der Waals surface area (Å²) >= 11 is 7.76. The van der Waals surface area contributed by atoms with Crippen molar-refractivity contribution in [3.8, 4) is 0 Å². The van der Waals surface area contributed by atoms with Gasteiger partial charge in [-0.15, -0.1) is 0 Å². The lowest BCUT2D eigenvalue weighted by molar-refractivity contribution is -0.122. The molecule has 2 aliphatic heterocycles. The summed E-state index contributed by atoms with van der Waals surface area (Å²) in [5, 5.41) is 1.47. The van der Waals surface area contributed by atoms with E-state index in [-0.39, 0.29) is 5.91 Å². The lowest BCUT2D eigenvalue weighted by Gasteiger charge is -2.13. The highest BCUT2D eigenvalue weighted by atomic mass is 35.5. The van der Waals surface area contributed by atoms with Crippen molar-refractivity contribution in [2.75, 3.05) is 12.3 Å². The summed E-state index contributed by atoms with van der Waals surface area (Å²) in [6.45, 7) is 0.768. The molecule has 98 valence electrons. The molecule has 1 fully saturated rings. The second-order valence-corrected chi connectivity index (χ2v) is 5.93. The Bertz CT molecular complexity index is 583. The molecule has 19 heavy (non-hydrogen) atoms. The predicted octanol–water partition coefficient (Wildman–Crippen LogP) is 3.41. The number of hydrogen-bond acceptors (Lipinski definition) is 3. The van der Waals surface area contributed by atoms with E-state index in [1.54, 1.807) is 22.7 Å². The predicted molar refractivity (Wildman–Crippen MR) is 80.3 cm³/mol. The minimum Gasteiger partial charge on any atom is -0.286 e. The van der Waals surface area contributed by atoms with Crippen LogP contribution < -0.4 is 0 Å². The standard InChI is InChI=1S/C14H13ClN2OS/c15-11-6-2-1-5-10(11)9-12-13(18)17-7-3-4-8-19-14(17)16-12/h1-2,5-6,9H,3-4,7-8H2/b12-9-. The van der Waals surface area contributed by atoms with E-state index in [2.05, 4.69) is 4.99 Å². The van der Waals surface area contributed by atoms with Crippen LogP contribution in [0.2, 0.25) is 5.02 Å².